The van der Waals surface area contributed by atoms with Crippen molar-refractivity contribution < 1.29 is 13.2 Å². The number of likely N-dealkylation sites (tertiary alicyclic amines) is 1. The second kappa shape index (κ2) is 9.41. The highest BCUT2D eigenvalue weighted by Gasteiger charge is 2.24. The van der Waals surface area contributed by atoms with Crippen LogP contribution in [0.2, 0.25) is 0 Å². The summed E-state index contributed by atoms with van der Waals surface area (Å²) in [6.45, 7) is 5.56. The Morgan fingerprint density at radius 3 is 2.43 bits per heavy atom. The predicted molar refractivity (Wildman–Crippen MR) is 86.0 cm³/mol. The summed E-state index contributed by atoms with van der Waals surface area (Å²) in [7, 11) is -2.86. The number of carbonyl (C=O) groups is 1. The van der Waals surface area contributed by atoms with Crippen molar-refractivity contribution in [2.75, 3.05) is 38.2 Å². The molecule has 1 amide bonds. The van der Waals surface area contributed by atoms with Gasteiger partial charge in [-0.25, -0.2) is 8.42 Å². The van der Waals surface area contributed by atoms with Crippen molar-refractivity contribution in [1.82, 2.24) is 10.2 Å². The zero-order chi connectivity index (χ0) is 15.7. The fourth-order valence-electron chi connectivity index (χ4n) is 2.70. The van der Waals surface area contributed by atoms with Crippen molar-refractivity contribution in [2.24, 2.45) is 5.92 Å². The van der Waals surface area contributed by atoms with E-state index in [1.807, 2.05) is 0 Å². The molecule has 21 heavy (non-hydrogen) atoms. The first-order chi connectivity index (χ1) is 9.92. The summed E-state index contributed by atoms with van der Waals surface area (Å²) < 4.78 is 22.2. The maximum absolute atomic E-state index is 12.0. The number of carbonyl (C=O) groups excluding carboxylic acids is 1. The third-order valence-corrected chi connectivity index (χ3v) is 5.06. The van der Waals surface area contributed by atoms with E-state index >= 15 is 0 Å². The maximum Gasteiger partial charge on any atom is 0.223 e. The van der Waals surface area contributed by atoms with Crippen LogP contribution in [0, 0.1) is 5.92 Å². The number of hydrogen-bond donors (Lipinski definition) is 1. The second-order valence-corrected chi connectivity index (χ2v) is 8.36. The summed E-state index contributed by atoms with van der Waals surface area (Å²) in [6, 6.07) is 0. The predicted octanol–water partition coefficient (Wildman–Crippen LogP) is 1.44. The van der Waals surface area contributed by atoms with E-state index < -0.39 is 9.84 Å². The van der Waals surface area contributed by atoms with E-state index in [4.69, 9.17) is 0 Å². The van der Waals surface area contributed by atoms with Crippen LogP contribution in [-0.4, -0.2) is 57.4 Å². The first-order valence-corrected chi connectivity index (χ1v) is 10.2. The monoisotopic (exact) mass is 318 g/mol. The molecule has 1 N–H and O–H groups in total. The van der Waals surface area contributed by atoms with Crippen LogP contribution in [-0.2, 0) is 14.6 Å². The highest BCUT2D eigenvalue weighted by atomic mass is 32.2. The molecule has 0 aromatic rings. The Kier molecular flexibility index (Phi) is 8.26. The lowest BCUT2D eigenvalue weighted by atomic mass is 9.96. The van der Waals surface area contributed by atoms with E-state index in [-0.39, 0.29) is 17.6 Å². The number of hydrogen-bond acceptors (Lipinski definition) is 4. The molecule has 1 saturated heterocycles. The van der Waals surface area contributed by atoms with Crippen LogP contribution in [0.3, 0.4) is 0 Å². The Labute approximate surface area is 129 Å². The van der Waals surface area contributed by atoms with E-state index in [1.54, 1.807) is 0 Å². The van der Waals surface area contributed by atoms with Gasteiger partial charge in [-0.05, 0) is 45.3 Å². The van der Waals surface area contributed by atoms with E-state index in [0.29, 0.717) is 6.42 Å². The molecule has 1 fully saturated rings. The van der Waals surface area contributed by atoms with Crippen molar-refractivity contribution in [1.29, 1.82) is 0 Å². The van der Waals surface area contributed by atoms with Crippen LogP contribution in [0.25, 0.3) is 0 Å². The smallest absolute Gasteiger partial charge is 0.223 e. The van der Waals surface area contributed by atoms with Gasteiger partial charge in [-0.1, -0.05) is 19.8 Å². The van der Waals surface area contributed by atoms with Gasteiger partial charge in [-0.3, -0.25) is 4.79 Å². The molecular formula is C15H30N2O3S. The summed E-state index contributed by atoms with van der Waals surface area (Å²) in [5.41, 5.74) is 0. The van der Waals surface area contributed by atoms with Crippen molar-refractivity contribution in [3.05, 3.63) is 0 Å². The van der Waals surface area contributed by atoms with E-state index in [1.165, 1.54) is 19.1 Å². The van der Waals surface area contributed by atoms with E-state index in [0.717, 1.165) is 45.4 Å². The molecule has 0 atom stereocenters. The number of nitrogens with zero attached hydrogens (tertiary/aromatic N) is 1. The minimum atomic E-state index is -2.86. The average Bonchev–Trinajstić information content (AvgIpc) is 2.43. The molecule has 1 rings (SSSR count). The molecule has 0 bridgehead atoms. The molecule has 0 saturated carbocycles. The third-order valence-electron chi connectivity index (χ3n) is 4.03. The Bertz CT molecular complexity index is 401. The van der Waals surface area contributed by atoms with Crippen LogP contribution in [0.5, 0.6) is 0 Å². The highest BCUT2D eigenvalue weighted by molar-refractivity contribution is 7.90. The number of amides is 1. The lowest BCUT2D eigenvalue weighted by Crippen LogP contribution is -2.41. The SMILES string of the molecule is CCCCCNC(=O)C1CCN(CCCS(C)(=O)=O)CC1. The number of piperidine rings is 1. The zero-order valence-electron chi connectivity index (χ0n) is 13.4. The lowest BCUT2D eigenvalue weighted by molar-refractivity contribution is -0.126. The molecule has 1 heterocycles. The molecule has 0 aliphatic carbocycles. The number of unbranched alkanes of at least 4 members (excludes halogenated alkanes) is 2. The fourth-order valence-corrected chi connectivity index (χ4v) is 3.35. The van der Waals surface area contributed by atoms with Crippen LogP contribution >= 0.6 is 0 Å². The molecule has 0 unspecified atom stereocenters. The average molecular weight is 318 g/mol. The summed E-state index contributed by atoms with van der Waals surface area (Å²) in [6.07, 6.45) is 7.14. The molecule has 5 nitrogen and oxygen atoms in total. The topological polar surface area (TPSA) is 66.5 Å². The first kappa shape index (κ1) is 18.4. The van der Waals surface area contributed by atoms with E-state index in [2.05, 4.69) is 17.1 Å². The lowest BCUT2D eigenvalue weighted by Gasteiger charge is -2.31. The molecule has 1 aliphatic heterocycles. The van der Waals surface area contributed by atoms with Gasteiger partial charge in [0.25, 0.3) is 0 Å². The van der Waals surface area contributed by atoms with Gasteiger partial charge in [0, 0.05) is 18.7 Å². The molecule has 0 aromatic carbocycles. The van der Waals surface area contributed by atoms with E-state index in [9.17, 15) is 13.2 Å². The summed E-state index contributed by atoms with van der Waals surface area (Å²) >= 11 is 0. The maximum atomic E-state index is 12.0. The Morgan fingerprint density at radius 1 is 1.19 bits per heavy atom. The number of rotatable bonds is 9. The van der Waals surface area contributed by atoms with Crippen LogP contribution in [0.1, 0.15) is 45.4 Å². The molecule has 124 valence electrons. The van der Waals surface area contributed by atoms with Crippen molar-refractivity contribution in [3.63, 3.8) is 0 Å². The van der Waals surface area contributed by atoms with Gasteiger partial charge >= 0.3 is 0 Å². The molecule has 0 radical (unpaired) electrons. The van der Waals surface area contributed by atoms with Gasteiger partial charge in [0.05, 0.1) is 5.75 Å². The molecule has 1 aliphatic rings. The zero-order valence-corrected chi connectivity index (χ0v) is 14.3. The second-order valence-electron chi connectivity index (χ2n) is 6.10. The van der Waals surface area contributed by atoms with Gasteiger partial charge < -0.3 is 10.2 Å². The van der Waals surface area contributed by atoms with Crippen molar-refractivity contribution in [2.45, 2.75) is 45.4 Å². The van der Waals surface area contributed by atoms with Gasteiger partial charge in [0.1, 0.15) is 9.84 Å². The highest BCUT2D eigenvalue weighted by Crippen LogP contribution is 2.17. The molecule has 0 aromatic heterocycles. The Morgan fingerprint density at radius 2 is 1.86 bits per heavy atom. The minimum absolute atomic E-state index is 0.137. The van der Waals surface area contributed by atoms with Crippen LogP contribution < -0.4 is 5.32 Å². The normalized spacial score (nSPS) is 17.8. The van der Waals surface area contributed by atoms with Crippen molar-refractivity contribution in [3.8, 4) is 0 Å². The number of sulfone groups is 1. The summed E-state index contributed by atoms with van der Waals surface area (Å²) in [5, 5.41) is 3.03. The van der Waals surface area contributed by atoms with Gasteiger partial charge in [-0.2, -0.15) is 0 Å². The largest absolute Gasteiger partial charge is 0.356 e. The summed E-state index contributed by atoms with van der Waals surface area (Å²) in [5.74, 6) is 0.588. The molecular weight excluding hydrogens is 288 g/mol. The Hall–Kier alpha value is -0.620. The molecule has 0 spiro atoms. The summed E-state index contributed by atoms with van der Waals surface area (Å²) in [4.78, 5) is 14.3. The van der Waals surface area contributed by atoms with Gasteiger partial charge in [-0.15, -0.1) is 0 Å². The quantitative estimate of drug-likeness (QED) is 0.653. The van der Waals surface area contributed by atoms with Gasteiger partial charge in [0.2, 0.25) is 5.91 Å². The first-order valence-electron chi connectivity index (χ1n) is 8.10. The fraction of sp³-hybridized carbons (Fsp3) is 0.933. The minimum Gasteiger partial charge on any atom is -0.356 e. The Balaban J connectivity index is 2.15. The van der Waals surface area contributed by atoms with Crippen molar-refractivity contribution >= 4 is 15.7 Å². The van der Waals surface area contributed by atoms with Gasteiger partial charge in [0.15, 0.2) is 0 Å². The van der Waals surface area contributed by atoms with Crippen LogP contribution in [0.4, 0.5) is 0 Å². The standard InChI is InChI=1S/C15H30N2O3S/c1-3-4-5-9-16-15(18)14-7-11-17(12-8-14)10-6-13-21(2,19)20/h14H,3-13H2,1-2H3,(H,16,18). The third kappa shape index (κ3) is 8.41. The van der Waals surface area contributed by atoms with Crippen LogP contribution in [0.15, 0.2) is 0 Å². The number of nitrogens with one attached hydrogen (secondary N) is 1. The molecule has 6 heteroatoms.